The van der Waals surface area contributed by atoms with Gasteiger partial charge in [-0.15, -0.1) is 11.3 Å². The van der Waals surface area contributed by atoms with Crippen LogP contribution in [-0.4, -0.2) is 10.9 Å². The van der Waals surface area contributed by atoms with Crippen LogP contribution in [0.5, 0.6) is 5.75 Å². The number of para-hydroxylation sites is 1. The molecule has 3 aromatic rings. The normalized spacial score (nSPS) is 10.6. The van der Waals surface area contributed by atoms with Crippen molar-refractivity contribution in [1.29, 1.82) is 0 Å². The van der Waals surface area contributed by atoms with Gasteiger partial charge in [0, 0.05) is 12.3 Å². The summed E-state index contributed by atoms with van der Waals surface area (Å²) in [5, 5.41) is 2.68. The second-order valence-corrected chi connectivity index (χ2v) is 6.89. The van der Waals surface area contributed by atoms with E-state index in [4.69, 9.17) is 16.3 Å². The van der Waals surface area contributed by atoms with Crippen molar-refractivity contribution in [3.63, 3.8) is 0 Å². The summed E-state index contributed by atoms with van der Waals surface area (Å²) in [6.07, 6.45) is 0. The molecule has 7 heteroatoms. The summed E-state index contributed by atoms with van der Waals surface area (Å²) in [6, 6.07) is 11.6. The predicted molar refractivity (Wildman–Crippen MR) is 102 cm³/mol. The Bertz CT molecular complexity index is 945. The van der Waals surface area contributed by atoms with E-state index in [0.717, 1.165) is 5.56 Å². The SMILES string of the molecule is CC(=O)N(c1nc(COc2cc(C)ccc2Cl)cs1)c1ccccc1F. The zero-order chi connectivity index (χ0) is 18.7. The van der Waals surface area contributed by atoms with Gasteiger partial charge in [0.25, 0.3) is 0 Å². The van der Waals surface area contributed by atoms with Crippen LogP contribution in [0.1, 0.15) is 18.2 Å². The third-order valence-electron chi connectivity index (χ3n) is 3.60. The number of aromatic nitrogens is 1. The summed E-state index contributed by atoms with van der Waals surface area (Å²) < 4.78 is 19.8. The van der Waals surface area contributed by atoms with Crippen molar-refractivity contribution < 1.29 is 13.9 Å². The highest BCUT2D eigenvalue weighted by atomic mass is 35.5. The number of aryl methyl sites for hydroxylation is 1. The highest BCUT2D eigenvalue weighted by Gasteiger charge is 2.21. The maximum Gasteiger partial charge on any atom is 0.230 e. The summed E-state index contributed by atoms with van der Waals surface area (Å²) in [4.78, 5) is 17.7. The second kappa shape index (κ2) is 7.85. The van der Waals surface area contributed by atoms with E-state index in [1.165, 1.54) is 29.2 Å². The lowest BCUT2D eigenvalue weighted by Gasteiger charge is -2.18. The lowest BCUT2D eigenvalue weighted by molar-refractivity contribution is -0.115. The van der Waals surface area contributed by atoms with Gasteiger partial charge in [0.05, 0.1) is 16.4 Å². The Morgan fingerprint density at radius 3 is 2.81 bits per heavy atom. The molecule has 1 amide bonds. The predicted octanol–water partition coefficient (Wildman–Crippen LogP) is 5.51. The number of ether oxygens (including phenoxy) is 1. The maximum absolute atomic E-state index is 14.1. The Hall–Kier alpha value is -2.44. The summed E-state index contributed by atoms with van der Waals surface area (Å²) in [6.45, 7) is 3.52. The Morgan fingerprint density at radius 2 is 2.08 bits per heavy atom. The molecule has 0 unspecified atom stereocenters. The average Bonchev–Trinajstić information content (AvgIpc) is 3.06. The van der Waals surface area contributed by atoms with Crippen molar-refractivity contribution in [3.8, 4) is 5.75 Å². The lowest BCUT2D eigenvalue weighted by Crippen LogP contribution is -2.23. The van der Waals surface area contributed by atoms with E-state index in [-0.39, 0.29) is 18.2 Å². The third-order valence-corrected chi connectivity index (χ3v) is 4.79. The molecule has 26 heavy (non-hydrogen) atoms. The monoisotopic (exact) mass is 390 g/mol. The molecule has 3 rings (SSSR count). The quantitative estimate of drug-likeness (QED) is 0.577. The van der Waals surface area contributed by atoms with Crippen LogP contribution in [-0.2, 0) is 11.4 Å². The molecule has 0 spiro atoms. The third kappa shape index (κ3) is 4.03. The number of carbonyl (C=O) groups is 1. The van der Waals surface area contributed by atoms with Crippen molar-refractivity contribution in [2.75, 3.05) is 4.90 Å². The Labute approximate surface area is 159 Å². The summed E-state index contributed by atoms with van der Waals surface area (Å²) >= 11 is 7.37. The first-order valence-electron chi connectivity index (χ1n) is 7.84. The number of hydrogen-bond donors (Lipinski definition) is 0. The Balaban J connectivity index is 1.81. The highest BCUT2D eigenvalue weighted by Crippen LogP contribution is 2.31. The first-order chi connectivity index (χ1) is 12.5. The van der Waals surface area contributed by atoms with Crippen LogP contribution in [0.25, 0.3) is 0 Å². The van der Waals surface area contributed by atoms with Gasteiger partial charge >= 0.3 is 0 Å². The molecule has 0 aliphatic heterocycles. The van der Waals surface area contributed by atoms with Gasteiger partial charge in [-0.25, -0.2) is 9.37 Å². The van der Waals surface area contributed by atoms with E-state index in [1.54, 1.807) is 29.6 Å². The molecular formula is C19H16ClFN2O2S. The number of benzene rings is 2. The van der Waals surface area contributed by atoms with Crippen molar-refractivity contribution in [2.45, 2.75) is 20.5 Å². The molecule has 0 saturated carbocycles. The van der Waals surface area contributed by atoms with E-state index in [2.05, 4.69) is 4.98 Å². The lowest BCUT2D eigenvalue weighted by atomic mass is 10.2. The average molecular weight is 391 g/mol. The largest absolute Gasteiger partial charge is 0.486 e. The van der Waals surface area contributed by atoms with Crippen LogP contribution in [0.2, 0.25) is 5.02 Å². The minimum absolute atomic E-state index is 0.170. The fourth-order valence-corrected chi connectivity index (χ4v) is 3.42. The van der Waals surface area contributed by atoms with Gasteiger partial charge < -0.3 is 4.74 Å². The molecule has 1 aromatic heterocycles. The van der Waals surface area contributed by atoms with Gasteiger partial charge in [-0.05, 0) is 36.8 Å². The van der Waals surface area contributed by atoms with E-state index in [9.17, 15) is 9.18 Å². The van der Waals surface area contributed by atoms with Crippen molar-refractivity contribution >= 4 is 39.7 Å². The van der Waals surface area contributed by atoms with Gasteiger partial charge in [-0.1, -0.05) is 29.8 Å². The summed E-state index contributed by atoms with van der Waals surface area (Å²) in [7, 11) is 0. The minimum atomic E-state index is -0.484. The number of rotatable bonds is 5. The topological polar surface area (TPSA) is 42.4 Å². The van der Waals surface area contributed by atoms with Gasteiger partial charge in [0.2, 0.25) is 5.91 Å². The molecule has 0 N–H and O–H groups in total. The first-order valence-corrected chi connectivity index (χ1v) is 9.10. The van der Waals surface area contributed by atoms with Crippen LogP contribution in [0.15, 0.2) is 47.8 Å². The number of anilines is 2. The van der Waals surface area contributed by atoms with E-state index >= 15 is 0 Å². The standard InChI is InChI=1S/C19H16ClFN2O2S/c1-12-7-8-15(20)18(9-12)25-10-14-11-26-19(22-14)23(13(2)24)17-6-4-3-5-16(17)21/h3-9,11H,10H2,1-2H3. The number of nitrogens with zero attached hydrogens (tertiary/aromatic N) is 2. The molecule has 134 valence electrons. The molecule has 0 saturated heterocycles. The Kier molecular flexibility index (Phi) is 5.54. The van der Waals surface area contributed by atoms with E-state index < -0.39 is 5.82 Å². The van der Waals surface area contributed by atoms with Gasteiger partial charge in [-0.3, -0.25) is 9.69 Å². The van der Waals surface area contributed by atoms with Crippen LogP contribution in [0, 0.1) is 12.7 Å². The van der Waals surface area contributed by atoms with Gasteiger partial charge in [0.15, 0.2) is 5.13 Å². The number of amides is 1. The zero-order valence-electron chi connectivity index (χ0n) is 14.2. The number of thiazole rings is 1. The van der Waals surface area contributed by atoms with Crippen LogP contribution < -0.4 is 9.64 Å². The zero-order valence-corrected chi connectivity index (χ0v) is 15.8. The van der Waals surface area contributed by atoms with Crippen molar-refractivity contribution in [1.82, 2.24) is 4.98 Å². The van der Waals surface area contributed by atoms with Crippen molar-refractivity contribution in [2.24, 2.45) is 0 Å². The fourth-order valence-electron chi connectivity index (χ4n) is 2.38. The van der Waals surface area contributed by atoms with E-state index in [0.29, 0.717) is 21.6 Å². The molecule has 1 heterocycles. The molecule has 0 bridgehead atoms. The van der Waals surface area contributed by atoms with Crippen LogP contribution >= 0.6 is 22.9 Å². The molecular weight excluding hydrogens is 375 g/mol. The maximum atomic E-state index is 14.1. The summed E-state index contributed by atoms with van der Waals surface area (Å²) in [5.41, 5.74) is 1.83. The number of carbonyl (C=O) groups excluding carboxylic acids is 1. The molecule has 0 aliphatic rings. The molecule has 0 atom stereocenters. The fraction of sp³-hybridized carbons (Fsp3) is 0.158. The highest BCUT2D eigenvalue weighted by molar-refractivity contribution is 7.14. The molecule has 0 fully saturated rings. The molecule has 0 radical (unpaired) electrons. The van der Waals surface area contributed by atoms with E-state index in [1.807, 2.05) is 19.1 Å². The smallest absolute Gasteiger partial charge is 0.230 e. The van der Waals surface area contributed by atoms with Crippen molar-refractivity contribution in [3.05, 3.63) is 69.9 Å². The minimum Gasteiger partial charge on any atom is -0.486 e. The number of halogens is 2. The first kappa shape index (κ1) is 18.4. The van der Waals surface area contributed by atoms with Gasteiger partial charge in [-0.2, -0.15) is 0 Å². The van der Waals surface area contributed by atoms with Crippen LogP contribution in [0.4, 0.5) is 15.2 Å². The number of hydrogen-bond acceptors (Lipinski definition) is 4. The molecule has 2 aromatic carbocycles. The second-order valence-electron chi connectivity index (χ2n) is 5.65. The van der Waals surface area contributed by atoms with Gasteiger partial charge in [0.1, 0.15) is 18.2 Å². The van der Waals surface area contributed by atoms with Crippen LogP contribution in [0.3, 0.4) is 0 Å². The molecule has 4 nitrogen and oxygen atoms in total. The molecule has 0 aliphatic carbocycles. The summed E-state index contributed by atoms with van der Waals surface area (Å²) in [5.74, 6) is -0.236. The Morgan fingerprint density at radius 1 is 1.31 bits per heavy atom.